The number of hydrogen-bond donors (Lipinski definition) is 1. The molecule has 82 valence electrons. The van der Waals surface area contributed by atoms with Gasteiger partial charge in [0.15, 0.2) is 0 Å². The molecule has 0 aliphatic heterocycles. The van der Waals surface area contributed by atoms with Gasteiger partial charge < -0.3 is 5.73 Å². The van der Waals surface area contributed by atoms with Crippen molar-refractivity contribution in [2.75, 3.05) is 0 Å². The molecular weight excluding hydrogens is 186 g/mol. The van der Waals surface area contributed by atoms with Crippen molar-refractivity contribution in [2.45, 2.75) is 44.6 Å². The Morgan fingerprint density at radius 2 is 1.87 bits per heavy atom. The lowest BCUT2D eigenvalue weighted by atomic mass is 9.91. The molecule has 1 aromatic heterocycles. The highest BCUT2D eigenvalue weighted by Crippen LogP contribution is 2.30. The Bertz CT molecular complexity index is 278. The average Bonchev–Trinajstić information content (AvgIpc) is 2.58. The number of aromatic nitrogens is 2. The van der Waals surface area contributed by atoms with Gasteiger partial charge in [0.2, 0.25) is 0 Å². The predicted octanol–water partition coefficient (Wildman–Crippen LogP) is 2.45. The number of nitrogens with zero attached hydrogens (tertiary/aromatic N) is 2. The third kappa shape index (κ3) is 2.75. The van der Waals surface area contributed by atoms with Gasteiger partial charge in [0.05, 0.1) is 11.7 Å². The summed E-state index contributed by atoms with van der Waals surface area (Å²) < 4.78 is 0. The van der Waals surface area contributed by atoms with E-state index in [1.54, 1.807) is 18.6 Å². The van der Waals surface area contributed by atoms with Gasteiger partial charge in [0.25, 0.3) is 0 Å². The molecule has 1 atom stereocenters. The van der Waals surface area contributed by atoms with Gasteiger partial charge in [-0.15, -0.1) is 0 Å². The zero-order chi connectivity index (χ0) is 10.5. The van der Waals surface area contributed by atoms with Crippen molar-refractivity contribution in [1.82, 2.24) is 9.97 Å². The molecule has 1 aliphatic rings. The molecule has 1 aromatic rings. The van der Waals surface area contributed by atoms with Gasteiger partial charge >= 0.3 is 0 Å². The Morgan fingerprint density at radius 1 is 1.13 bits per heavy atom. The summed E-state index contributed by atoms with van der Waals surface area (Å²) in [6, 6.07) is 0.0804. The molecular formula is C12H19N3. The fourth-order valence-electron chi connectivity index (χ4n) is 2.39. The minimum atomic E-state index is 0.0804. The molecule has 1 saturated carbocycles. The molecule has 0 bridgehead atoms. The first-order chi connectivity index (χ1) is 7.38. The van der Waals surface area contributed by atoms with Gasteiger partial charge in [-0.1, -0.05) is 25.7 Å². The second-order valence-electron chi connectivity index (χ2n) is 4.41. The highest BCUT2D eigenvalue weighted by Gasteiger charge is 2.21. The molecule has 0 aromatic carbocycles. The van der Waals surface area contributed by atoms with Crippen LogP contribution in [0.4, 0.5) is 0 Å². The Hall–Kier alpha value is -0.960. The van der Waals surface area contributed by atoms with Crippen LogP contribution in [0, 0.1) is 5.92 Å². The number of rotatable bonds is 2. The maximum Gasteiger partial charge on any atom is 0.0756 e. The van der Waals surface area contributed by atoms with Gasteiger partial charge in [-0.05, 0) is 18.8 Å². The van der Waals surface area contributed by atoms with Crippen LogP contribution >= 0.6 is 0 Å². The Balaban J connectivity index is 2.03. The summed E-state index contributed by atoms with van der Waals surface area (Å²) >= 11 is 0. The van der Waals surface area contributed by atoms with E-state index < -0.39 is 0 Å². The van der Waals surface area contributed by atoms with E-state index in [0.29, 0.717) is 5.92 Å². The van der Waals surface area contributed by atoms with Crippen LogP contribution in [0.15, 0.2) is 18.6 Å². The molecule has 1 aliphatic carbocycles. The fourth-order valence-corrected chi connectivity index (χ4v) is 2.39. The lowest BCUT2D eigenvalue weighted by molar-refractivity contribution is 0.376. The van der Waals surface area contributed by atoms with Crippen molar-refractivity contribution in [3.8, 4) is 0 Å². The van der Waals surface area contributed by atoms with E-state index >= 15 is 0 Å². The standard InChI is InChI=1S/C12H19N3/c13-12(11-9-14-7-8-15-11)10-5-3-1-2-4-6-10/h7-10,12H,1-6,13H2. The first kappa shape index (κ1) is 10.6. The maximum atomic E-state index is 6.24. The smallest absolute Gasteiger partial charge is 0.0756 e. The Labute approximate surface area is 91.1 Å². The molecule has 2 rings (SSSR count). The van der Waals surface area contributed by atoms with Crippen molar-refractivity contribution in [3.05, 3.63) is 24.3 Å². The predicted molar refractivity (Wildman–Crippen MR) is 60.2 cm³/mol. The van der Waals surface area contributed by atoms with Crippen molar-refractivity contribution < 1.29 is 0 Å². The molecule has 0 saturated heterocycles. The second-order valence-corrected chi connectivity index (χ2v) is 4.41. The fraction of sp³-hybridized carbons (Fsp3) is 0.667. The van der Waals surface area contributed by atoms with Crippen molar-refractivity contribution in [3.63, 3.8) is 0 Å². The number of hydrogen-bond acceptors (Lipinski definition) is 3. The number of nitrogens with two attached hydrogens (primary N) is 1. The first-order valence-corrected chi connectivity index (χ1v) is 5.89. The molecule has 0 amide bonds. The Morgan fingerprint density at radius 3 is 2.47 bits per heavy atom. The van der Waals surface area contributed by atoms with Gasteiger partial charge in [0, 0.05) is 18.6 Å². The quantitative estimate of drug-likeness (QED) is 0.754. The Kier molecular flexibility index (Phi) is 3.67. The summed E-state index contributed by atoms with van der Waals surface area (Å²) in [5, 5.41) is 0. The molecule has 0 spiro atoms. The summed E-state index contributed by atoms with van der Waals surface area (Å²) in [5.41, 5.74) is 7.19. The maximum absolute atomic E-state index is 6.24. The first-order valence-electron chi connectivity index (χ1n) is 5.89. The molecule has 3 heteroatoms. The van der Waals surface area contributed by atoms with Crippen LogP contribution in [0.2, 0.25) is 0 Å². The monoisotopic (exact) mass is 205 g/mol. The van der Waals surface area contributed by atoms with Crippen molar-refractivity contribution in [1.29, 1.82) is 0 Å². The highest BCUT2D eigenvalue weighted by atomic mass is 14.8. The third-order valence-corrected chi connectivity index (χ3v) is 3.33. The average molecular weight is 205 g/mol. The summed E-state index contributed by atoms with van der Waals surface area (Å²) in [4.78, 5) is 8.38. The van der Waals surface area contributed by atoms with Crippen molar-refractivity contribution in [2.24, 2.45) is 11.7 Å². The lowest BCUT2D eigenvalue weighted by Crippen LogP contribution is -2.22. The zero-order valence-electron chi connectivity index (χ0n) is 9.10. The van der Waals surface area contributed by atoms with Crippen LogP contribution < -0.4 is 5.73 Å². The minimum absolute atomic E-state index is 0.0804. The zero-order valence-corrected chi connectivity index (χ0v) is 9.10. The summed E-state index contributed by atoms with van der Waals surface area (Å²) in [6.45, 7) is 0. The summed E-state index contributed by atoms with van der Waals surface area (Å²) in [6.07, 6.45) is 13.1. The normalized spacial score (nSPS) is 20.9. The molecule has 2 N–H and O–H groups in total. The molecule has 0 radical (unpaired) electrons. The summed E-state index contributed by atoms with van der Waals surface area (Å²) in [7, 11) is 0. The van der Waals surface area contributed by atoms with Gasteiger partial charge in [0.1, 0.15) is 0 Å². The van der Waals surface area contributed by atoms with E-state index in [4.69, 9.17) is 5.73 Å². The van der Waals surface area contributed by atoms with E-state index in [1.165, 1.54) is 38.5 Å². The topological polar surface area (TPSA) is 51.8 Å². The molecule has 15 heavy (non-hydrogen) atoms. The van der Waals surface area contributed by atoms with Crippen molar-refractivity contribution >= 4 is 0 Å². The van der Waals surface area contributed by atoms with E-state index in [9.17, 15) is 0 Å². The van der Waals surface area contributed by atoms with E-state index in [-0.39, 0.29) is 6.04 Å². The lowest BCUT2D eigenvalue weighted by Gasteiger charge is -2.21. The van der Waals surface area contributed by atoms with Crippen LogP contribution in [-0.4, -0.2) is 9.97 Å². The van der Waals surface area contributed by atoms with Gasteiger partial charge in [-0.3, -0.25) is 9.97 Å². The molecule has 3 nitrogen and oxygen atoms in total. The van der Waals surface area contributed by atoms with Crippen LogP contribution in [0.5, 0.6) is 0 Å². The molecule has 1 fully saturated rings. The highest BCUT2D eigenvalue weighted by molar-refractivity contribution is 5.03. The minimum Gasteiger partial charge on any atom is -0.322 e. The van der Waals surface area contributed by atoms with Crippen LogP contribution in [-0.2, 0) is 0 Å². The van der Waals surface area contributed by atoms with E-state index in [2.05, 4.69) is 9.97 Å². The largest absolute Gasteiger partial charge is 0.322 e. The van der Waals surface area contributed by atoms with E-state index in [0.717, 1.165) is 5.69 Å². The third-order valence-electron chi connectivity index (χ3n) is 3.33. The SMILES string of the molecule is NC(c1cnccn1)C1CCCCCC1. The second kappa shape index (κ2) is 5.21. The van der Waals surface area contributed by atoms with Gasteiger partial charge in [-0.2, -0.15) is 0 Å². The van der Waals surface area contributed by atoms with E-state index in [1.807, 2.05) is 0 Å². The van der Waals surface area contributed by atoms with Crippen LogP contribution in [0.25, 0.3) is 0 Å². The van der Waals surface area contributed by atoms with Crippen LogP contribution in [0.3, 0.4) is 0 Å². The molecule has 1 heterocycles. The van der Waals surface area contributed by atoms with Gasteiger partial charge in [-0.25, -0.2) is 0 Å². The van der Waals surface area contributed by atoms with Crippen LogP contribution in [0.1, 0.15) is 50.3 Å². The molecule has 1 unspecified atom stereocenters. The summed E-state index contributed by atoms with van der Waals surface area (Å²) in [5.74, 6) is 0.601.